The molecule has 0 spiro atoms. The third-order valence-corrected chi connectivity index (χ3v) is 3.88. The van der Waals surface area contributed by atoms with Gasteiger partial charge in [0.2, 0.25) is 0 Å². The van der Waals surface area contributed by atoms with Crippen molar-refractivity contribution in [3.05, 3.63) is 17.7 Å². The summed E-state index contributed by atoms with van der Waals surface area (Å²) in [7, 11) is 7.18. The molecule has 0 fully saturated rings. The first-order chi connectivity index (χ1) is 8.92. The largest absolute Gasteiger partial charge is 1.00 e. The number of methoxy groups -OCH3 is 3. The molecule has 20 heavy (non-hydrogen) atoms. The minimum Gasteiger partial charge on any atom is -1.00 e. The Morgan fingerprint density at radius 2 is 1.70 bits per heavy atom. The molecule has 0 aromatic heterocycles. The summed E-state index contributed by atoms with van der Waals surface area (Å²) in [6.07, 6.45) is 0.694. The Morgan fingerprint density at radius 1 is 1.20 bits per heavy atom. The number of benzene rings is 1. The maximum absolute atomic E-state index is 12.7. The number of ether oxygens (including phenoxy) is 3. The second-order valence-corrected chi connectivity index (χ2v) is 5.75. The van der Waals surface area contributed by atoms with Crippen LogP contribution in [0.4, 0.5) is 0 Å². The van der Waals surface area contributed by atoms with Crippen LogP contribution in [0.15, 0.2) is 12.1 Å². The summed E-state index contributed by atoms with van der Waals surface area (Å²) in [6.45, 7) is 3.84. The summed E-state index contributed by atoms with van der Waals surface area (Å²) in [4.78, 5) is 12.7. The molecule has 1 rings (SSSR count). The molecule has 6 heteroatoms. The topological polar surface area (TPSA) is 44.8 Å². The molecule has 0 N–H and O–H groups in total. The Balaban J connectivity index is 0. The van der Waals surface area contributed by atoms with E-state index in [-0.39, 0.29) is 26.1 Å². The Labute approximate surface area is 136 Å². The van der Waals surface area contributed by atoms with Crippen LogP contribution in [0.2, 0.25) is 0 Å². The number of rotatable bonds is 6. The SMILES string of the molecule is CCC(C)(P)C(=O)c1c(OC)ccc(OC)c1OC.[H-].[Li+]. The molecule has 1 aromatic rings. The first-order valence-corrected chi connectivity index (χ1v) is 6.63. The van der Waals surface area contributed by atoms with E-state index in [0.29, 0.717) is 29.2 Å². The predicted molar refractivity (Wildman–Crippen MR) is 79.9 cm³/mol. The van der Waals surface area contributed by atoms with E-state index in [4.69, 9.17) is 14.2 Å². The summed E-state index contributed by atoms with van der Waals surface area (Å²) >= 11 is 0. The van der Waals surface area contributed by atoms with Crippen molar-refractivity contribution in [1.29, 1.82) is 0 Å². The Hall–Kier alpha value is -0.683. The second kappa shape index (κ2) is 7.93. The third kappa shape index (κ3) is 3.70. The summed E-state index contributed by atoms with van der Waals surface area (Å²) in [5, 5.41) is -0.563. The minimum absolute atomic E-state index is 0. The van der Waals surface area contributed by atoms with Crippen molar-refractivity contribution in [3.63, 3.8) is 0 Å². The molecule has 108 valence electrons. The average Bonchev–Trinajstić information content (AvgIpc) is 2.44. The predicted octanol–water partition coefficient (Wildman–Crippen LogP) is 0.0554. The summed E-state index contributed by atoms with van der Waals surface area (Å²) in [6, 6.07) is 3.44. The molecule has 2 atom stereocenters. The fourth-order valence-corrected chi connectivity index (χ4v) is 1.88. The first-order valence-electron chi connectivity index (χ1n) is 6.05. The number of hydrogen-bond donors (Lipinski definition) is 0. The molecule has 0 radical (unpaired) electrons. The van der Waals surface area contributed by atoms with Gasteiger partial charge in [-0.3, -0.25) is 4.79 Å². The molecule has 4 nitrogen and oxygen atoms in total. The number of Topliss-reactive ketones (excluding diaryl/α,β-unsaturated/α-hetero) is 1. The van der Waals surface area contributed by atoms with Crippen LogP contribution in [0.5, 0.6) is 17.2 Å². The normalized spacial score (nSPS) is 12.9. The van der Waals surface area contributed by atoms with Gasteiger partial charge in [-0.2, -0.15) is 0 Å². The zero-order valence-corrected chi connectivity index (χ0v) is 14.2. The first kappa shape index (κ1) is 19.3. The van der Waals surface area contributed by atoms with Crippen molar-refractivity contribution in [2.45, 2.75) is 25.4 Å². The molecular weight excluding hydrogens is 270 g/mol. The van der Waals surface area contributed by atoms with Crippen molar-refractivity contribution < 1.29 is 39.3 Å². The van der Waals surface area contributed by atoms with Crippen molar-refractivity contribution >= 4 is 15.0 Å². The van der Waals surface area contributed by atoms with Gasteiger partial charge >= 0.3 is 18.9 Å². The van der Waals surface area contributed by atoms with Gasteiger partial charge in [0.25, 0.3) is 0 Å². The van der Waals surface area contributed by atoms with Gasteiger partial charge in [0, 0.05) is 5.16 Å². The molecule has 0 heterocycles. The van der Waals surface area contributed by atoms with Crippen LogP contribution in [-0.4, -0.2) is 32.3 Å². The number of carbonyl (C=O) groups excluding carboxylic acids is 1. The standard InChI is InChI=1S/C14H21O4P.Li.H/c1-6-14(2,19)13(15)11-9(16-3)7-8-10(17-4)12(11)18-5;;/h7-8H,6,19H2,1-5H3;;/q;+1;-1. The van der Waals surface area contributed by atoms with Crippen LogP contribution in [-0.2, 0) is 0 Å². The zero-order valence-electron chi connectivity index (χ0n) is 14.1. The van der Waals surface area contributed by atoms with Crippen molar-refractivity contribution in [1.82, 2.24) is 0 Å². The molecular formula is C14H22LiO4P. The van der Waals surface area contributed by atoms with Gasteiger partial charge in [-0.1, -0.05) is 6.92 Å². The quantitative estimate of drug-likeness (QED) is 0.422. The van der Waals surface area contributed by atoms with E-state index in [1.165, 1.54) is 21.3 Å². The van der Waals surface area contributed by atoms with E-state index in [1.54, 1.807) is 12.1 Å². The maximum Gasteiger partial charge on any atom is 1.00 e. The molecule has 0 saturated heterocycles. The maximum atomic E-state index is 12.7. The zero-order chi connectivity index (χ0) is 14.6. The molecule has 0 bridgehead atoms. The van der Waals surface area contributed by atoms with Gasteiger partial charge < -0.3 is 15.6 Å². The summed E-state index contributed by atoms with van der Waals surface area (Å²) in [5.74, 6) is 1.37. The van der Waals surface area contributed by atoms with Gasteiger partial charge in [-0.25, -0.2) is 0 Å². The van der Waals surface area contributed by atoms with Crippen molar-refractivity contribution in [2.24, 2.45) is 0 Å². The number of ketones is 1. The van der Waals surface area contributed by atoms with Crippen molar-refractivity contribution in [2.75, 3.05) is 21.3 Å². The van der Waals surface area contributed by atoms with Crippen LogP contribution in [0.1, 0.15) is 32.1 Å². The Kier molecular flexibility index (Phi) is 7.66. The van der Waals surface area contributed by atoms with E-state index in [1.807, 2.05) is 13.8 Å². The van der Waals surface area contributed by atoms with Gasteiger partial charge in [-0.05, 0) is 25.5 Å². The molecule has 0 amide bonds. The van der Waals surface area contributed by atoms with E-state index in [0.717, 1.165) is 0 Å². The average molecular weight is 292 g/mol. The summed E-state index contributed by atoms with van der Waals surface area (Å²) < 4.78 is 15.9. The van der Waals surface area contributed by atoms with Gasteiger partial charge in [0.05, 0.1) is 21.3 Å². The van der Waals surface area contributed by atoms with Crippen LogP contribution in [0, 0.1) is 0 Å². The monoisotopic (exact) mass is 292 g/mol. The molecule has 0 saturated carbocycles. The van der Waals surface area contributed by atoms with Gasteiger partial charge in [-0.15, -0.1) is 9.24 Å². The molecule has 0 aliphatic rings. The fourth-order valence-electron chi connectivity index (χ4n) is 1.74. The number of hydrogen-bond acceptors (Lipinski definition) is 4. The van der Waals surface area contributed by atoms with E-state index < -0.39 is 5.16 Å². The molecule has 1 aromatic carbocycles. The fraction of sp³-hybridized carbons (Fsp3) is 0.500. The van der Waals surface area contributed by atoms with Crippen molar-refractivity contribution in [3.8, 4) is 17.2 Å². The minimum atomic E-state index is -0.563. The summed E-state index contributed by atoms with van der Waals surface area (Å²) in [5.41, 5.74) is 0.420. The number of carbonyl (C=O) groups is 1. The van der Waals surface area contributed by atoms with E-state index in [2.05, 4.69) is 9.24 Å². The van der Waals surface area contributed by atoms with E-state index >= 15 is 0 Å². The van der Waals surface area contributed by atoms with Crippen LogP contribution < -0.4 is 33.1 Å². The van der Waals surface area contributed by atoms with Gasteiger partial charge in [0.1, 0.15) is 11.3 Å². The van der Waals surface area contributed by atoms with Crippen LogP contribution in [0.3, 0.4) is 0 Å². The third-order valence-electron chi connectivity index (χ3n) is 3.21. The van der Waals surface area contributed by atoms with E-state index in [9.17, 15) is 4.79 Å². The smallest absolute Gasteiger partial charge is 1.00 e. The molecule has 0 aliphatic carbocycles. The second-order valence-electron chi connectivity index (χ2n) is 4.48. The molecule has 0 aliphatic heterocycles. The molecule has 2 unspecified atom stereocenters. The van der Waals surface area contributed by atoms with Crippen LogP contribution >= 0.6 is 9.24 Å². The van der Waals surface area contributed by atoms with Gasteiger partial charge in [0.15, 0.2) is 17.3 Å². The van der Waals surface area contributed by atoms with Crippen LogP contribution in [0.25, 0.3) is 0 Å². The Bertz CT molecular complexity index is 480. The Morgan fingerprint density at radius 3 is 2.10 bits per heavy atom.